The first-order valence-corrected chi connectivity index (χ1v) is 13.4. The van der Waals surface area contributed by atoms with Gasteiger partial charge in [0, 0.05) is 12.6 Å². The summed E-state index contributed by atoms with van der Waals surface area (Å²) >= 11 is 0. The second-order valence-corrected chi connectivity index (χ2v) is 17.7. The highest BCUT2D eigenvalue weighted by molar-refractivity contribution is 7.21. The lowest BCUT2D eigenvalue weighted by Gasteiger charge is -2.44. The van der Waals surface area contributed by atoms with Gasteiger partial charge in [-0.05, 0) is 30.2 Å². The van der Waals surface area contributed by atoms with Crippen LogP contribution in [-0.2, 0) is 4.43 Å². The Hall–Kier alpha value is 0.354. The van der Waals surface area contributed by atoms with Crippen LogP contribution in [0.1, 0.15) is 52.9 Å². The number of nitrogens with one attached hydrogen (secondary N) is 1. The molecule has 2 nitrogen and oxygen atoms in total. The van der Waals surface area contributed by atoms with Gasteiger partial charge in [-0.25, -0.2) is 0 Å². The molecule has 1 saturated carbocycles. The number of rotatable bonds is 3. The second kappa shape index (κ2) is 5.77. The summed E-state index contributed by atoms with van der Waals surface area (Å²) in [6, 6.07) is 2.15. The fourth-order valence-electron chi connectivity index (χ4n) is 4.11. The molecule has 0 aromatic heterocycles. The summed E-state index contributed by atoms with van der Waals surface area (Å²) in [6.07, 6.45) is 7.26. The van der Waals surface area contributed by atoms with Gasteiger partial charge < -0.3 is 9.41 Å². The van der Waals surface area contributed by atoms with Crippen molar-refractivity contribution in [1.82, 2.24) is 4.98 Å². The molecule has 0 spiro atoms. The van der Waals surface area contributed by atoms with Crippen LogP contribution in [0, 0.1) is 11.3 Å². The second-order valence-electron chi connectivity index (χ2n) is 7.73. The largest absolute Gasteiger partial charge is 0.425 e. The van der Waals surface area contributed by atoms with E-state index in [1.807, 2.05) is 0 Å². The molecule has 106 valence electrons. The zero-order valence-electron chi connectivity index (χ0n) is 12.7. The van der Waals surface area contributed by atoms with Gasteiger partial charge >= 0.3 is 0 Å². The molecule has 0 aromatic carbocycles. The molecule has 2 fully saturated rings. The van der Waals surface area contributed by atoms with Crippen LogP contribution in [-0.4, -0.2) is 29.7 Å². The lowest BCUT2D eigenvalue weighted by Crippen LogP contribution is -2.63. The lowest BCUT2D eigenvalue weighted by molar-refractivity contribution is 0.194. The van der Waals surface area contributed by atoms with E-state index in [4.69, 9.17) is 4.43 Å². The summed E-state index contributed by atoms with van der Waals surface area (Å²) in [5.41, 5.74) is 0.408. The van der Waals surface area contributed by atoms with Crippen molar-refractivity contribution in [2.75, 3.05) is 6.61 Å². The van der Waals surface area contributed by atoms with Gasteiger partial charge in [-0.2, -0.15) is 0 Å². The van der Waals surface area contributed by atoms with Crippen molar-refractivity contribution in [1.29, 1.82) is 0 Å². The Morgan fingerprint density at radius 2 is 1.94 bits per heavy atom. The molecule has 1 aliphatic heterocycles. The average Bonchev–Trinajstić information content (AvgIpc) is 2.27. The fraction of sp³-hybridized carbons (Fsp3) is 1.00. The molecule has 2 aliphatic rings. The maximum absolute atomic E-state index is 6.03. The average molecular weight is 286 g/mol. The molecule has 2 unspecified atom stereocenters. The van der Waals surface area contributed by atoms with E-state index in [1.54, 1.807) is 0 Å². The molecule has 2 rings (SSSR count). The standard InChI is InChI=1S/C14H31NOSi2/c1-12(13-8-6-5-7-9-13)15-18(4)11-14(2,3)10-16-17-18/h12-13,15H,5-11,17H2,1-4H3. The maximum atomic E-state index is 6.03. The van der Waals surface area contributed by atoms with E-state index in [9.17, 15) is 0 Å². The molecule has 0 amide bonds. The van der Waals surface area contributed by atoms with Crippen molar-refractivity contribution in [3.05, 3.63) is 0 Å². The molecular weight excluding hydrogens is 254 g/mol. The summed E-state index contributed by atoms with van der Waals surface area (Å²) < 4.78 is 6.03. The van der Waals surface area contributed by atoms with E-state index in [1.165, 1.54) is 38.1 Å². The summed E-state index contributed by atoms with van der Waals surface area (Å²) in [4.78, 5) is 4.10. The van der Waals surface area contributed by atoms with Crippen LogP contribution in [0.3, 0.4) is 0 Å². The molecule has 0 aromatic rings. The molecule has 2 atom stereocenters. The molecule has 1 heterocycles. The lowest BCUT2D eigenvalue weighted by atomic mass is 9.85. The van der Waals surface area contributed by atoms with Gasteiger partial charge in [0.2, 0.25) is 0 Å². The highest BCUT2D eigenvalue weighted by atomic mass is 29.2. The molecule has 1 aliphatic carbocycles. The van der Waals surface area contributed by atoms with Gasteiger partial charge in [0.05, 0.1) is 0 Å². The van der Waals surface area contributed by atoms with Crippen LogP contribution in [0.2, 0.25) is 12.6 Å². The van der Waals surface area contributed by atoms with E-state index >= 15 is 0 Å². The Bertz CT molecular complexity index is 279. The first kappa shape index (κ1) is 14.8. The molecular formula is C14H31NOSi2. The summed E-state index contributed by atoms with van der Waals surface area (Å²) in [7, 11) is -1.55. The molecule has 18 heavy (non-hydrogen) atoms. The molecule has 0 radical (unpaired) electrons. The van der Waals surface area contributed by atoms with E-state index in [0.717, 1.165) is 18.6 Å². The van der Waals surface area contributed by atoms with Gasteiger partial charge in [-0.1, -0.05) is 46.6 Å². The van der Waals surface area contributed by atoms with E-state index in [0.29, 0.717) is 5.41 Å². The monoisotopic (exact) mass is 285 g/mol. The minimum Gasteiger partial charge on any atom is -0.425 e. The third-order valence-corrected chi connectivity index (χ3v) is 12.5. The van der Waals surface area contributed by atoms with Gasteiger partial charge in [-0.3, -0.25) is 0 Å². The zero-order chi connectivity index (χ0) is 13.2. The Morgan fingerprint density at radius 1 is 1.28 bits per heavy atom. The maximum Gasteiger partial charge on any atom is 0.168 e. The summed E-state index contributed by atoms with van der Waals surface area (Å²) in [5.74, 6) is 0.933. The summed E-state index contributed by atoms with van der Waals surface area (Å²) in [6.45, 7) is 10.7. The van der Waals surface area contributed by atoms with Crippen LogP contribution in [0.4, 0.5) is 0 Å². The highest BCUT2D eigenvalue weighted by Crippen LogP contribution is 2.33. The van der Waals surface area contributed by atoms with Gasteiger partial charge in [0.1, 0.15) is 7.75 Å². The molecule has 4 heteroatoms. The number of hydrogen-bond acceptors (Lipinski definition) is 2. The predicted molar refractivity (Wildman–Crippen MR) is 83.9 cm³/mol. The van der Waals surface area contributed by atoms with Gasteiger partial charge in [0.25, 0.3) is 0 Å². The SMILES string of the molecule is CC(N[Si]1(C)CC(C)(C)CO[SiH2]1)C1CCCCC1. The van der Waals surface area contributed by atoms with Crippen LogP contribution >= 0.6 is 0 Å². The van der Waals surface area contributed by atoms with E-state index in [-0.39, 0.29) is 9.28 Å². The topological polar surface area (TPSA) is 21.3 Å². The quantitative estimate of drug-likeness (QED) is 0.805. The van der Waals surface area contributed by atoms with Crippen LogP contribution in [0.5, 0.6) is 0 Å². The number of hydrogen-bond donors (Lipinski definition) is 1. The summed E-state index contributed by atoms with van der Waals surface area (Å²) in [5, 5.41) is 0. The Balaban J connectivity index is 1.90. The predicted octanol–water partition coefficient (Wildman–Crippen LogP) is 2.76. The van der Waals surface area contributed by atoms with Crippen molar-refractivity contribution in [2.45, 2.75) is 71.5 Å². The van der Waals surface area contributed by atoms with Crippen molar-refractivity contribution < 1.29 is 4.43 Å². The van der Waals surface area contributed by atoms with Crippen molar-refractivity contribution in [3.63, 3.8) is 0 Å². The van der Waals surface area contributed by atoms with Crippen LogP contribution in [0.25, 0.3) is 0 Å². The minimum atomic E-state index is -1.25. The van der Waals surface area contributed by atoms with Crippen molar-refractivity contribution in [3.8, 4) is 0 Å². The normalized spacial score (nSPS) is 36.7. The Labute approximate surface area is 116 Å². The first-order valence-electron chi connectivity index (χ1n) is 7.76. The van der Waals surface area contributed by atoms with Crippen LogP contribution < -0.4 is 4.98 Å². The van der Waals surface area contributed by atoms with Crippen molar-refractivity contribution in [2.24, 2.45) is 11.3 Å². The smallest absolute Gasteiger partial charge is 0.168 e. The van der Waals surface area contributed by atoms with Gasteiger partial charge in [0.15, 0.2) is 9.28 Å². The highest BCUT2D eigenvalue weighted by Gasteiger charge is 2.41. The molecule has 0 bridgehead atoms. The van der Waals surface area contributed by atoms with Gasteiger partial charge in [-0.15, -0.1) is 0 Å². The molecule has 1 saturated heterocycles. The Morgan fingerprint density at radius 3 is 2.56 bits per heavy atom. The third kappa shape index (κ3) is 3.92. The van der Waals surface area contributed by atoms with E-state index in [2.05, 4.69) is 32.3 Å². The fourth-order valence-corrected chi connectivity index (χ4v) is 14.3. The zero-order valence-corrected chi connectivity index (χ0v) is 15.1. The van der Waals surface area contributed by atoms with E-state index < -0.39 is 7.75 Å². The van der Waals surface area contributed by atoms with Crippen LogP contribution in [0.15, 0.2) is 0 Å². The van der Waals surface area contributed by atoms with Crippen molar-refractivity contribution >= 4 is 17.0 Å². The first-order chi connectivity index (χ1) is 8.40. The Kier molecular flexibility index (Phi) is 4.73. The minimum absolute atomic E-state index is 0.293. The molecule has 1 N–H and O–H groups in total. The third-order valence-electron chi connectivity index (χ3n) is 4.72.